The van der Waals surface area contributed by atoms with Crippen LogP contribution in [0.15, 0.2) is 30.6 Å². The van der Waals surface area contributed by atoms with Gasteiger partial charge in [-0.05, 0) is 48.4 Å². The van der Waals surface area contributed by atoms with E-state index in [2.05, 4.69) is 9.97 Å². The Hall–Kier alpha value is -3.45. The highest BCUT2D eigenvalue weighted by molar-refractivity contribution is 7.74. The number of benzene rings is 1. The van der Waals surface area contributed by atoms with Gasteiger partial charge in [0.2, 0.25) is 16.8 Å². The summed E-state index contributed by atoms with van der Waals surface area (Å²) in [4.78, 5) is 38.5. The van der Waals surface area contributed by atoms with Gasteiger partial charge in [0.25, 0.3) is 0 Å². The number of thiol groups is 1. The maximum atomic E-state index is 13.7. The number of nitrogens with zero attached hydrogens (tertiary/aromatic N) is 5. The van der Waals surface area contributed by atoms with Gasteiger partial charge in [0.05, 0.1) is 12.8 Å². The number of fused-ring (bicyclic) bond motifs is 1. The lowest BCUT2D eigenvalue weighted by molar-refractivity contribution is -0.153. The Kier molecular flexibility index (Phi) is 8.36. The number of nitrogen functional groups attached to an aromatic ring is 1. The van der Waals surface area contributed by atoms with Crippen LogP contribution in [0.1, 0.15) is 31.4 Å². The van der Waals surface area contributed by atoms with Gasteiger partial charge in [-0.1, -0.05) is 24.3 Å². The summed E-state index contributed by atoms with van der Waals surface area (Å²) in [5, 5.41) is 2.68. The van der Waals surface area contributed by atoms with Crippen molar-refractivity contribution < 1.29 is 22.7 Å². The van der Waals surface area contributed by atoms with Crippen molar-refractivity contribution in [2.75, 3.05) is 42.2 Å². The second-order valence-electron chi connectivity index (χ2n) is 9.16. The number of hydrogen-bond acceptors (Lipinski definition) is 10. The maximum absolute atomic E-state index is 13.7. The largest absolute Gasteiger partial charge is 0.464 e. The van der Waals surface area contributed by atoms with Crippen molar-refractivity contribution in [3.8, 4) is 0 Å². The minimum atomic E-state index is -3.12. The van der Waals surface area contributed by atoms with Gasteiger partial charge in [-0.2, -0.15) is 0 Å². The van der Waals surface area contributed by atoms with Crippen LogP contribution in [-0.4, -0.2) is 74.5 Å². The number of likely N-dealkylation sites (tertiary alicyclic amines) is 1. The van der Waals surface area contributed by atoms with E-state index >= 15 is 0 Å². The summed E-state index contributed by atoms with van der Waals surface area (Å²) in [6.45, 7) is 4.10. The lowest BCUT2D eigenvalue weighted by Crippen LogP contribution is -2.48. The molecule has 0 spiro atoms. The molecule has 13 heteroatoms. The Morgan fingerprint density at radius 3 is 2.66 bits per heavy atom. The Morgan fingerprint density at radius 2 is 2.03 bits per heavy atom. The summed E-state index contributed by atoms with van der Waals surface area (Å²) in [5.41, 5.74) is 7.95. The molecule has 0 bridgehead atoms. The Balaban J connectivity index is 1.67. The maximum Gasteiger partial charge on any atom is 0.329 e. The van der Waals surface area contributed by atoms with E-state index in [1.54, 1.807) is 32.1 Å². The fourth-order valence-corrected chi connectivity index (χ4v) is 6.54. The molecular weight excluding hydrogens is 528 g/mol. The van der Waals surface area contributed by atoms with Crippen LogP contribution in [0.25, 0.3) is 10.8 Å². The highest BCUT2D eigenvalue weighted by Crippen LogP contribution is 2.34. The number of aryl methyl sites for hydroxylation is 1. The van der Waals surface area contributed by atoms with Crippen LogP contribution in [0, 0.1) is 0 Å². The quantitative estimate of drug-likeness (QED) is 0.282. The molecule has 1 aliphatic rings. The average molecular weight is 561 g/mol. The van der Waals surface area contributed by atoms with E-state index < -0.39 is 34.9 Å². The number of carbonyl (C=O) groups excluding carboxylic acids is 2. The van der Waals surface area contributed by atoms with E-state index in [0.717, 1.165) is 26.2 Å². The molecule has 1 amide bonds. The highest BCUT2D eigenvalue weighted by atomic mass is 32.2. The van der Waals surface area contributed by atoms with Crippen LogP contribution in [0.3, 0.4) is 0 Å². The van der Waals surface area contributed by atoms with Crippen LogP contribution < -0.4 is 14.9 Å². The third-order valence-electron chi connectivity index (χ3n) is 6.62. The molecule has 38 heavy (non-hydrogen) atoms. The third kappa shape index (κ3) is 5.39. The molecule has 2 atom stereocenters. The van der Waals surface area contributed by atoms with Gasteiger partial charge in [-0.3, -0.25) is 4.79 Å². The lowest BCUT2D eigenvalue weighted by atomic mass is 9.94. The van der Waals surface area contributed by atoms with Gasteiger partial charge in [0, 0.05) is 38.6 Å². The number of amides is 1. The first kappa shape index (κ1) is 27.6. The Labute approximate surface area is 227 Å². The monoisotopic (exact) mass is 560 g/mol. The zero-order valence-corrected chi connectivity index (χ0v) is 23.5. The standard InChI is InChI=1S/C25H32N6O5S2/c1-5-15-12-18-16(7-9-27-22(18)26)11-17(15)13-20(24(33)36-6-2)30-10-8-19(23(30)32)31(38(34)35)21-14-28-25(37-21)29(3)4/h7,9,11-12,14,19-20,38H,5-6,8,10,13H2,1-4H3,(H2,26,27)/t19-,20+/m0/s1. The van der Waals surface area contributed by atoms with E-state index in [9.17, 15) is 18.0 Å². The summed E-state index contributed by atoms with van der Waals surface area (Å²) in [5.74, 6) is -0.534. The SMILES string of the molecule is CCOC(=O)[C@@H](Cc1cc2ccnc(N)c2cc1CC)N1CC[C@H](N(c2cnc(N(C)C)s2)[SH](=O)=O)C1=O. The number of rotatable bonds is 10. The number of nitrogens with two attached hydrogens (primary N) is 1. The normalized spacial score (nSPS) is 16.3. The van der Waals surface area contributed by atoms with Crippen molar-refractivity contribution in [1.82, 2.24) is 14.9 Å². The number of carbonyl (C=O) groups is 2. The summed E-state index contributed by atoms with van der Waals surface area (Å²) < 4.78 is 31.1. The molecule has 2 N–H and O–H groups in total. The van der Waals surface area contributed by atoms with Gasteiger partial charge in [0.15, 0.2) is 5.13 Å². The fourth-order valence-electron chi connectivity index (χ4n) is 4.76. The molecule has 3 heterocycles. The van der Waals surface area contributed by atoms with Crippen LogP contribution in [0.4, 0.5) is 16.0 Å². The lowest BCUT2D eigenvalue weighted by Gasteiger charge is -2.28. The van der Waals surface area contributed by atoms with Gasteiger partial charge in [-0.15, -0.1) is 0 Å². The number of pyridine rings is 1. The molecule has 2 aromatic heterocycles. The second-order valence-corrected chi connectivity index (χ2v) is 11.1. The van der Waals surface area contributed by atoms with Crippen molar-refractivity contribution in [2.24, 2.45) is 0 Å². The Morgan fingerprint density at radius 1 is 1.26 bits per heavy atom. The number of aromatic nitrogens is 2. The number of ether oxygens (including phenoxy) is 1. The third-order valence-corrected chi connectivity index (χ3v) is 8.76. The molecule has 1 aromatic carbocycles. The molecule has 0 aliphatic carbocycles. The van der Waals surface area contributed by atoms with Gasteiger partial charge in [0.1, 0.15) is 22.9 Å². The van der Waals surface area contributed by atoms with Crippen molar-refractivity contribution in [3.63, 3.8) is 0 Å². The van der Waals surface area contributed by atoms with Crippen LogP contribution >= 0.6 is 11.3 Å². The van der Waals surface area contributed by atoms with Gasteiger partial charge < -0.3 is 20.3 Å². The minimum Gasteiger partial charge on any atom is -0.464 e. The van der Waals surface area contributed by atoms with Crippen molar-refractivity contribution in [1.29, 1.82) is 0 Å². The molecule has 0 saturated carbocycles. The highest BCUT2D eigenvalue weighted by Gasteiger charge is 2.44. The molecule has 3 aromatic rings. The molecule has 1 fully saturated rings. The van der Waals surface area contributed by atoms with Crippen molar-refractivity contribution in [3.05, 3.63) is 41.7 Å². The summed E-state index contributed by atoms with van der Waals surface area (Å²) in [6, 6.07) is 3.93. The first-order valence-corrected chi connectivity index (χ1v) is 14.3. The van der Waals surface area contributed by atoms with Crippen molar-refractivity contribution >= 4 is 60.8 Å². The molecule has 0 unspecified atom stereocenters. The molecule has 0 radical (unpaired) electrons. The van der Waals surface area contributed by atoms with E-state index in [1.807, 2.05) is 25.1 Å². The first-order valence-electron chi connectivity index (χ1n) is 12.4. The predicted molar refractivity (Wildman–Crippen MR) is 149 cm³/mol. The summed E-state index contributed by atoms with van der Waals surface area (Å²) >= 11 is 1.18. The van der Waals surface area contributed by atoms with E-state index in [4.69, 9.17) is 10.5 Å². The molecule has 1 aliphatic heterocycles. The number of esters is 1. The van der Waals surface area contributed by atoms with Crippen LogP contribution in [0.2, 0.25) is 0 Å². The Bertz CT molecular complexity index is 1410. The molecule has 204 valence electrons. The zero-order chi connectivity index (χ0) is 27.6. The first-order chi connectivity index (χ1) is 18.2. The zero-order valence-electron chi connectivity index (χ0n) is 21.8. The minimum absolute atomic E-state index is 0.161. The van der Waals surface area contributed by atoms with E-state index in [0.29, 0.717) is 22.4 Å². The molecule has 1 saturated heterocycles. The van der Waals surface area contributed by atoms with E-state index in [-0.39, 0.29) is 26.0 Å². The van der Waals surface area contributed by atoms with E-state index in [1.165, 1.54) is 22.4 Å². The fraction of sp³-hybridized carbons (Fsp3) is 0.440. The smallest absolute Gasteiger partial charge is 0.329 e. The number of anilines is 3. The van der Waals surface area contributed by atoms with Crippen LogP contribution in [-0.2, 0) is 38.1 Å². The molecular formula is C25H32N6O5S2. The van der Waals surface area contributed by atoms with Crippen molar-refractivity contribution in [2.45, 2.75) is 45.2 Å². The second kappa shape index (κ2) is 11.5. The van der Waals surface area contributed by atoms with Crippen LogP contribution in [0.5, 0.6) is 0 Å². The van der Waals surface area contributed by atoms with Gasteiger partial charge >= 0.3 is 5.97 Å². The predicted octanol–water partition coefficient (Wildman–Crippen LogP) is 2.01. The summed E-state index contributed by atoms with van der Waals surface area (Å²) in [7, 11) is 0.489. The summed E-state index contributed by atoms with van der Waals surface area (Å²) in [6.07, 6.45) is 4.24. The average Bonchev–Trinajstić information content (AvgIpc) is 3.50. The topological polar surface area (TPSA) is 139 Å². The number of thiazole rings is 1. The number of hydrogen-bond donors (Lipinski definition) is 2. The molecule has 4 rings (SSSR count). The van der Waals surface area contributed by atoms with Gasteiger partial charge in [-0.25, -0.2) is 27.5 Å². The molecule has 11 nitrogen and oxygen atoms in total.